The van der Waals surface area contributed by atoms with Crippen molar-refractivity contribution in [1.29, 1.82) is 0 Å². The normalized spacial score (nSPS) is 10.2. The van der Waals surface area contributed by atoms with Gasteiger partial charge in [-0.2, -0.15) is 0 Å². The molecule has 1 amide bonds. The number of carbonyl (C=O) groups is 1. The van der Waals surface area contributed by atoms with Crippen LogP contribution in [0.2, 0.25) is 0 Å². The molecule has 0 N–H and O–H groups in total. The standard InChI is InChI=1S/C16H15FINO2/c1-19(10-12-3-2-4-13(17)9-12)16(20)11-21-15-7-5-14(18)6-8-15/h2-9H,10-11H2,1H3. The number of carbonyl (C=O) groups excluding carboxylic acids is 1. The van der Waals surface area contributed by atoms with Crippen molar-refractivity contribution >= 4 is 28.5 Å². The van der Waals surface area contributed by atoms with Gasteiger partial charge in [0, 0.05) is 17.2 Å². The molecule has 0 atom stereocenters. The van der Waals surface area contributed by atoms with E-state index in [9.17, 15) is 9.18 Å². The molecule has 0 heterocycles. The Kier molecular flexibility index (Phi) is 5.55. The van der Waals surface area contributed by atoms with Gasteiger partial charge < -0.3 is 9.64 Å². The van der Waals surface area contributed by atoms with Crippen LogP contribution in [0.3, 0.4) is 0 Å². The zero-order chi connectivity index (χ0) is 15.2. The third kappa shape index (κ3) is 5.00. The van der Waals surface area contributed by atoms with E-state index in [1.807, 2.05) is 24.3 Å². The SMILES string of the molecule is CN(Cc1cccc(F)c1)C(=O)COc1ccc(I)cc1. The molecule has 0 fully saturated rings. The van der Waals surface area contributed by atoms with Crippen molar-refractivity contribution in [2.45, 2.75) is 6.54 Å². The summed E-state index contributed by atoms with van der Waals surface area (Å²) in [7, 11) is 1.67. The van der Waals surface area contributed by atoms with Crippen LogP contribution in [-0.4, -0.2) is 24.5 Å². The predicted molar refractivity (Wildman–Crippen MR) is 87.5 cm³/mol. The second-order valence-electron chi connectivity index (χ2n) is 4.62. The molecule has 0 aliphatic heterocycles. The highest BCUT2D eigenvalue weighted by Crippen LogP contribution is 2.13. The largest absolute Gasteiger partial charge is 0.484 e. The van der Waals surface area contributed by atoms with Crippen LogP contribution in [0.5, 0.6) is 5.75 Å². The minimum atomic E-state index is -0.302. The maximum atomic E-state index is 13.1. The Morgan fingerprint density at radius 2 is 1.95 bits per heavy atom. The summed E-state index contributed by atoms with van der Waals surface area (Å²) in [6.45, 7) is 0.319. The summed E-state index contributed by atoms with van der Waals surface area (Å²) >= 11 is 2.20. The number of rotatable bonds is 5. The Hall–Kier alpha value is -1.63. The molecule has 21 heavy (non-hydrogen) atoms. The summed E-state index contributed by atoms with van der Waals surface area (Å²) in [5, 5.41) is 0. The van der Waals surface area contributed by atoms with Crippen LogP contribution >= 0.6 is 22.6 Å². The Bertz CT molecular complexity index is 616. The van der Waals surface area contributed by atoms with Gasteiger partial charge in [0.15, 0.2) is 6.61 Å². The van der Waals surface area contributed by atoms with E-state index in [2.05, 4.69) is 22.6 Å². The van der Waals surface area contributed by atoms with E-state index in [-0.39, 0.29) is 18.3 Å². The van der Waals surface area contributed by atoms with E-state index in [4.69, 9.17) is 4.74 Å². The average molecular weight is 399 g/mol. The second kappa shape index (κ2) is 7.40. The molecule has 0 saturated heterocycles. The molecule has 2 rings (SSSR count). The first-order valence-corrected chi connectivity index (χ1v) is 7.49. The van der Waals surface area contributed by atoms with Gasteiger partial charge in [-0.15, -0.1) is 0 Å². The van der Waals surface area contributed by atoms with Gasteiger partial charge in [0.05, 0.1) is 0 Å². The Balaban J connectivity index is 1.86. The average Bonchev–Trinajstić information content (AvgIpc) is 2.46. The number of nitrogens with zero attached hydrogens (tertiary/aromatic N) is 1. The highest BCUT2D eigenvalue weighted by molar-refractivity contribution is 14.1. The molecule has 0 saturated carbocycles. The fourth-order valence-electron chi connectivity index (χ4n) is 1.78. The third-order valence-corrected chi connectivity index (χ3v) is 3.63. The van der Waals surface area contributed by atoms with Crippen molar-refractivity contribution in [2.24, 2.45) is 0 Å². The van der Waals surface area contributed by atoms with Crippen molar-refractivity contribution in [2.75, 3.05) is 13.7 Å². The predicted octanol–water partition coefficient (Wildman–Crippen LogP) is 3.47. The molecule has 5 heteroatoms. The van der Waals surface area contributed by atoms with Gasteiger partial charge in [-0.3, -0.25) is 4.79 Å². The molecule has 0 aliphatic carbocycles. The number of amides is 1. The molecule has 0 radical (unpaired) electrons. The minimum absolute atomic E-state index is 0.0353. The molecule has 0 aromatic heterocycles. The topological polar surface area (TPSA) is 29.5 Å². The van der Waals surface area contributed by atoms with Crippen molar-refractivity contribution < 1.29 is 13.9 Å². The van der Waals surface area contributed by atoms with E-state index < -0.39 is 0 Å². The Labute approximate surface area is 136 Å². The van der Waals surface area contributed by atoms with Gasteiger partial charge in [-0.1, -0.05) is 12.1 Å². The third-order valence-electron chi connectivity index (χ3n) is 2.91. The molecular weight excluding hydrogens is 384 g/mol. The molecule has 0 spiro atoms. The number of halogens is 2. The van der Waals surface area contributed by atoms with Crippen LogP contribution in [0, 0.1) is 9.39 Å². The lowest BCUT2D eigenvalue weighted by molar-refractivity contribution is -0.132. The maximum Gasteiger partial charge on any atom is 0.260 e. The summed E-state index contributed by atoms with van der Waals surface area (Å²) in [6.07, 6.45) is 0. The monoisotopic (exact) mass is 399 g/mol. The van der Waals surface area contributed by atoms with Crippen molar-refractivity contribution in [3.63, 3.8) is 0 Å². The Morgan fingerprint density at radius 1 is 1.24 bits per heavy atom. The van der Waals surface area contributed by atoms with E-state index >= 15 is 0 Å². The van der Waals surface area contributed by atoms with Crippen LogP contribution < -0.4 is 4.74 Å². The van der Waals surface area contributed by atoms with Gasteiger partial charge in [0.2, 0.25) is 0 Å². The number of hydrogen-bond donors (Lipinski definition) is 0. The number of ether oxygens (including phenoxy) is 1. The number of likely N-dealkylation sites (N-methyl/N-ethyl adjacent to an activating group) is 1. The second-order valence-corrected chi connectivity index (χ2v) is 5.87. The molecule has 2 aromatic carbocycles. The maximum absolute atomic E-state index is 13.1. The van der Waals surface area contributed by atoms with Crippen molar-refractivity contribution in [3.05, 3.63) is 63.5 Å². The molecular formula is C16H15FINO2. The molecule has 3 nitrogen and oxygen atoms in total. The quantitative estimate of drug-likeness (QED) is 0.721. The summed E-state index contributed by atoms with van der Waals surface area (Å²) in [6, 6.07) is 13.7. The lowest BCUT2D eigenvalue weighted by Crippen LogP contribution is -2.30. The lowest BCUT2D eigenvalue weighted by Gasteiger charge is -2.17. The fraction of sp³-hybridized carbons (Fsp3) is 0.188. The first kappa shape index (κ1) is 15.8. The van der Waals surface area contributed by atoms with Gasteiger partial charge >= 0.3 is 0 Å². The molecule has 0 aliphatic rings. The molecule has 0 unspecified atom stereocenters. The van der Waals surface area contributed by atoms with Gasteiger partial charge in [0.1, 0.15) is 11.6 Å². The van der Waals surface area contributed by atoms with Crippen LogP contribution in [0.1, 0.15) is 5.56 Å². The van der Waals surface area contributed by atoms with Crippen LogP contribution in [0.25, 0.3) is 0 Å². The highest BCUT2D eigenvalue weighted by Gasteiger charge is 2.10. The smallest absolute Gasteiger partial charge is 0.260 e. The number of benzene rings is 2. The van der Waals surface area contributed by atoms with Gasteiger partial charge in [-0.05, 0) is 64.6 Å². The van der Waals surface area contributed by atoms with Crippen LogP contribution in [-0.2, 0) is 11.3 Å². The van der Waals surface area contributed by atoms with Gasteiger partial charge in [-0.25, -0.2) is 4.39 Å². The van der Waals surface area contributed by atoms with Crippen LogP contribution in [0.15, 0.2) is 48.5 Å². The van der Waals surface area contributed by atoms with E-state index in [1.165, 1.54) is 17.0 Å². The summed E-state index contributed by atoms with van der Waals surface area (Å²) < 4.78 is 19.6. The van der Waals surface area contributed by atoms with Gasteiger partial charge in [0.25, 0.3) is 5.91 Å². The lowest BCUT2D eigenvalue weighted by atomic mass is 10.2. The summed E-state index contributed by atoms with van der Waals surface area (Å²) in [4.78, 5) is 13.5. The van der Waals surface area contributed by atoms with E-state index in [0.717, 1.165) is 9.13 Å². The minimum Gasteiger partial charge on any atom is -0.484 e. The van der Waals surface area contributed by atoms with E-state index in [1.54, 1.807) is 19.2 Å². The molecule has 0 bridgehead atoms. The zero-order valence-electron chi connectivity index (χ0n) is 11.6. The fourth-order valence-corrected chi connectivity index (χ4v) is 2.14. The summed E-state index contributed by atoms with van der Waals surface area (Å²) in [5.74, 6) is 0.198. The van der Waals surface area contributed by atoms with Crippen LogP contribution in [0.4, 0.5) is 4.39 Å². The first-order chi connectivity index (χ1) is 10.0. The Morgan fingerprint density at radius 3 is 2.62 bits per heavy atom. The van der Waals surface area contributed by atoms with Crippen molar-refractivity contribution in [3.8, 4) is 5.75 Å². The highest BCUT2D eigenvalue weighted by atomic mass is 127. The molecule has 110 valence electrons. The van der Waals surface area contributed by atoms with Crippen molar-refractivity contribution in [1.82, 2.24) is 4.90 Å². The first-order valence-electron chi connectivity index (χ1n) is 6.41. The molecule has 2 aromatic rings. The van der Waals surface area contributed by atoms with E-state index in [0.29, 0.717) is 12.3 Å². The zero-order valence-corrected chi connectivity index (χ0v) is 13.7. The number of hydrogen-bond acceptors (Lipinski definition) is 2. The summed E-state index contributed by atoms with van der Waals surface area (Å²) in [5.41, 5.74) is 0.750.